The number of amides is 1. The highest BCUT2D eigenvalue weighted by Gasteiger charge is 2.33. The molecule has 0 spiro atoms. The molecule has 150 valence electrons. The maximum atomic E-state index is 13.1. The van der Waals surface area contributed by atoms with Crippen LogP contribution in [0.4, 0.5) is 0 Å². The Labute approximate surface area is 165 Å². The van der Waals surface area contributed by atoms with Crippen LogP contribution in [-0.2, 0) is 19.6 Å². The van der Waals surface area contributed by atoms with E-state index in [1.165, 1.54) is 4.31 Å². The lowest BCUT2D eigenvalue weighted by atomic mass is 9.99. The van der Waals surface area contributed by atoms with Crippen molar-refractivity contribution < 1.29 is 17.9 Å². The Morgan fingerprint density at radius 1 is 1.11 bits per heavy atom. The van der Waals surface area contributed by atoms with E-state index in [1.807, 2.05) is 30.3 Å². The zero-order valence-electron chi connectivity index (χ0n) is 15.8. The molecule has 2 aromatic carbocycles. The van der Waals surface area contributed by atoms with E-state index in [4.69, 9.17) is 4.74 Å². The Morgan fingerprint density at radius 3 is 2.71 bits per heavy atom. The molecule has 2 fully saturated rings. The highest BCUT2D eigenvalue weighted by atomic mass is 32.2. The van der Waals surface area contributed by atoms with Crippen LogP contribution in [0.2, 0.25) is 0 Å². The quantitative estimate of drug-likeness (QED) is 0.834. The summed E-state index contributed by atoms with van der Waals surface area (Å²) in [6.45, 7) is 1.94. The fraction of sp³-hybridized carbons (Fsp3) is 0.476. The van der Waals surface area contributed by atoms with Gasteiger partial charge in [-0.15, -0.1) is 0 Å². The predicted molar refractivity (Wildman–Crippen MR) is 107 cm³/mol. The first-order valence-electron chi connectivity index (χ1n) is 9.92. The van der Waals surface area contributed by atoms with Gasteiger partial charge < -0.3 is 10.1 Å². The number of fused-ring (bicyclic) bond motifs is 1. The molecule has 6 nitrogen and oxygen atoms in total. The summed E-state index contributed by atoms with van der Waals surface area (Å²) in [5, 5.41) is 4.85. The van der Waals surface area contributed by atoms with E-state index < -0.39 is 10.0 Å². The van der Waals surface area contributed by atoms with Crippen molar-refractivity contribution in [3.05, 3.63) is 42.5 Å². The van der Waals surface area contributed by atoms with Crippen molar-refractivity contribution in [2.24, 2.45) is 5.92 Å². The molecular weight excluding hydrogens is 376 g/mol. The molecular formula is C21H26N2O4S. The van der Waals surface area contributed by atoms with Gasteiger partial charge in [0.25, 0.3) is 0 Å². The van der Waals surface area contributed by atoms with Crippen LogP contribution in [0.3, 0.4) is 0 Å². The average Bonchev–Trinajstić information content (AvgIpc) is 3.25. The van der Waals surface area contributed by atoms with Crippen LogP contribution in [0, 0.1) is 5.92 Å². The monoisotopic (exact) mass is 402 g/mol. The number of ether oxygens (including phenoxy) is 1. The number of hydrogen-bond acceptors (Lipinski definition) is 4. The fourth-order valence-corrected chi connectivity index (χ4v) is 5.58. The first-order chi connectivity index (χ1) is 13.5. The number of hydrogen-bond donors (Lipinski definition) is 1. The average molecular weight is 403 g/mol. The van der Waals surface area contributed by atoms with Gasteiger partial charge in [0.05, 0.1) is 16.9 Å². The normalized spacial score (nSPS) is 23.7. The van der Waals surface area contributed by atoms with Crippen LogP contribution in [0.15, 0.2) is 47.4 Å². The van der Waals surface area contributed by atoms with Crippen LogP contribution in [0.1, 0.15) is 25.7 Å². The van der Waals surface area contributed by atoms with Gasteiger partial charge in [0.15, 0.2) is 0 Å². The number of benzene rings is 2. The van der Waals surface area contributed by atoms with Gasteiger partial charge in [0, 0.05) is 26.2 Å². The lowest BCUT2D eigenvalue weighted by molar-refractivity contribution is -0.126. The van der Waals surface area contributed by atoms with Gasteiger partial charge in [-0.05, 0) is 48.6 Å². The first-order valence-corrected chi connectivity index (χ1v) is 11.4. The summed E-state index contributed by atoms with van der Waals surface area (Å²) in [6, 6.07) is 12.9. The molecule has 2 heterocycles. The molecule has 1 N–H and O–H groups in total. The van der Waals surface area contributed by atoms with Crippen molar-refractivity contribution in [1.29, 1.82) is 0 Å². The minimum atomic E-state index is -3.62. The van der Waals surface area contributed by atoms with Crippen LogP contribution >= 0.6 is 0 Å². The first kappa shape index (κ1) is 19.4. The van der Waals surface area contributed by atoms with E-state index in [0.29, 0.717) is 25.9 Å². The summed E-state index contributed by atoms with van der Waals surface area (Å²) >= 11 is 0. The van der Waals surface area contributed by atoms with Gasteiger partial charge in [-0.1, -0.05) is 30.3 Å². The molecule has 2 saturated heterocycles. The Kier molecular flexibility index (Phi) is 5.66. The third kappa shape index (κ3) is 4.06. The molecule has 2 atom stereocenters. The van der Waals surface area contributed by atoms with Gasteiger partial charge in [0.1, 0.15) is 0 Å². The summed E-state index contributed by atoms with van der Waals surface area (Å²) in [6.07, 6.45) is 3.48. The van der Waals surface area contributed by atoms with Crippen molar-refractivity contribution in [3.8, 4) is 0 Å². The van der Waals surface area contributed by atoms with Crippen molar-refractivity contribution in [3.63, 3.8) is 0 Å². The zero-order chi connectivity index (χ0) is 19.6. The van der Waals surface area contributed by atoms with Gasteiger partial charge in [-0.2, -0.15) is 4.31 Å². The lowest BCUT2D eigenvalue weighted by Crippen LogP contribution is -2.46. The van der Waals surface area contributed by atoms with Crippen molar-refractivity contribution in [2.75, 3.05) is 26.2 Å². The van der Waals surface area contributed by atoms with E-state index in [1.54, 1.807) is 12.1 Å². The Hall–Kier alpha value is -1.96. The Bertz CT molecular complexity index is 954. The van der Waals surface area contributed by atoms with E-state index in [0.717, 1.165) is 30.2 Å². The molecule has 0 unspecified atom stereocenters. The highest BCUT2D eigenvalue weighted by molar-refractivity contribution is 7.89. The molecule has 0 radical (unpaired) electrons. The number of carbonyl (C=O) groups excluding carboxylic acids is 1. The molecule has 2 aliphatic heterocycles. The minimum absolute atomic E-state index is 0.0751. The maximum absolute atomic E-state index is 13.1. The Balaban J connectivity index is 1.45. The summed E-state index contributed by atoms with van der Waals surface area (Å²) in [5.41, 5.74) is 0. The third-order valence-electron chi connectivity index (χ3n) is 5.64. The van der Waals surface area contributed by atoms with Gasteiger partial charge in [-0.3, -0.25) is 4.79 Å². The van der Waals surface area contributed by atoms with Gasteiger partial charge >= 0.3 is 0 Å². The van der Waals surface area contributed by atoms with Gasteiger partial charge in [0.2, 0.25) is 15.9 Å². The van der Waals surface area contributed by atoms with Crippen LogP contribution < -0.4 is 5.32 Å². The number of rotatable bonds is 5. The van der Waals surface area contributed by atoms with Crippen LogP contribution in [0.25, 0.3) is 10.8 Å². The molecule has 4 rings (SSSR count). The van der Waals surface area contributed by atoms with E-state index >= 15 is 0 Å². The SMILES string of the molecule is O=C(NC[C@@H]1CCCO1)[C@@H]1CCCN(S(=O)(=O)c2ccc3ccccc3c2)C1. The van der Waals surface area contributed by atoms with Crippen molar-refractivity contribution in [2.45, 2.75) is 36.7 Å². The molecule has 1 amide bonds. The zero-order valence-corrected chi connectivity index (χ0v) is 16.7. The smallest absolute Gasteiger partial charge is 0.243 e. The number of nitrogens with one attached hydrogen (secondary N) is 1. The van der Waals surface area contributed by atoms with Crippen LogP contribution in [-0.4, -0.2) is 51.0 Å². The van der Waals surface area contributed by atoms with Crippen molar-refractivity contribution in [1.82, 2.24) is 9.62 Å². The highest BCUT2D eigenvalue weighted by Crippen LogP contribution is 2.26. The fourth-order valence-electron chi connectivity index (χ4n) is 4.02. The second-order valence-corrected chi connectivity index (χ2v) is 9.53. The van der Waals surface area contributed by atoms with Crippen LogP contribution in [0.5, 0.6) is 0 Å². The predicted octanol–water partition coefficient (Wildman–Crippen LogP) is 2.54. The molecule has 0 aliphatic carbocycles. The Morgan fingerprint density at radius 2 is 1.93 bits per heavy atom. The molecule has 7 heteroatoms. The lowest BCUT2D eigenvalue weighted by Gasteiger charge is -2.31. The number of nitrogens with zero attached hydrogens (tertiary/aromatic N) is 1. The molecule has 2 aliphatic rings. The minimum Gasteiger partial charge on any atom is -0.376 e. The molecule has 2 aromatic rings. The van der Waals surface area contributed by atoms with Crippen molar-refractivity contribution >= 4 is 26.7 Å². The third-order valence-corrected chi connectivity index (χ3v) is 7.50. The summed E-state index contributed by atoms with van der Waals surface area (Å²) in [7, 11) is -3.62. The molecule has 0 bridgehead atoms. The number of carbonyl (C=O) groups is 1. The molecule has 0 saturated carbocycles. The second-order valence-electron chi connectivity index (χ2n) is 7.59. The summed E-state index contributed by atoms with van der Waals surface area (Å²) in [4.78, 5) is 12.8. The molecule has 0 aromatic heterocycles. The van der Waals surface area contributed by atoms with E-state index in [-0.39, 0.29) is 29.4 Å². The standard InChI is InChI=1S/C21H26N2O4S/c24-21(22-14-19-8-4-12-27-19)18-7-3-11-23(15-18)28(25,26)20-10-9-16-5-1-2-6-17(16)13-20/h1-2,5-6,9-10,13,18-19H,3-4,7-8,11-12,14-15H2,(H,22,24)/t18-,19+/m1/s1. The summed E-state index contributed by atoms with van der Waals surface area (Å²) < 4.78 is 33.3. The van der Waals surface area contributed by atoms with Gasteiger partial charge in [-0.25, -0.2) is 8.42 Å². The number of piperidine rings is 1. The number of sulfonamides is 1. The summed E-state index contributed by atoms with van der Waals surface area (Å²) in [5.74, 6) is -0.390. The molecule has 28 heavy (non-hydrogen) atoms. The second kappa shape index (κ2) is 8.19. The maximum Gasteiger partial charge on any atom is 0.243 e. The van der Waals surface area contributed by atoms with E-state index in [9.17, 15) is 13.2 Å². The van der Waals surface area contributed by atoms with E-state index in [2.05, 4.69) is 5.32 Å². The topological polar surface area (TPSA) is 75.7 Å². The largest absolute Gasteiger partial charge is 0.376 e.